The first-order chi connectivity index (χ1) is 8.23. The minimum Gasteiger partial charge on any atom is -0.504 e. The molecular formula is C12H13ClN2O3. The summed E-state index contributed by atoms with van der Waals surface area (Å²) in [6, 6.07) is 1.20. The summed E-state index contributed by atoms with van der Waals surface area (Å²) in [4.78, 5) is 12.2. The fraction of sp³-hybridized carbons (Fsp3) is 0.333. The lowest BCUT2D eigenvalue weighted by Crippen LogP contribution is -2.35. The Balaban J connectivity index is 2.93. The van der Waals surface area contributed by atoms with E-state index in [0.717, 1.165) is 0 Å². The van der Waals surface area contributed by atoms with E-state index in [9.17, 15) is 15.0 Å². The van der Waals surface area contributed by atoms with Gasteiger partial charge in [-0.05, 0) is 26.8 Å². The molecule has 0 fully saturated rings. The average molecular weight is 269 g/mol. The first kappa shape index (κ1) is 12.7. The van der Waals surface area contributed by atoms with Crippen LogP contribution < -0.4 is 5.56 Å². The van der Waals surface area contributed by atoms with E-state index < -0.39 is 17.0 Å². The van der Waals surface area contributed by atoms with Crippen molar-refractivity contribution in [2.45, 2.75) is 26.3 Å². The first-order valence-corrected chi connectivity index (χ1v) is 5.74. The van der Waals surface area contributed by atoms with E-state index in [1.807, 2.05) is 20.8 Å². The summed E-state index contributed by atoms with van der Waals surface area (Å²) in [5.74, 6) is -0.866. The number of halogens is 1. The summed E-state index contributed by atoms with van der Waals surface area (Å²) < 4.78 is 1.31. The lowest BCUT2D eigenvalue weighted by Gasteiger charge is -2.20. The number of aromatic nitrogens is 2. The predicted molar refractivity (Wildman–Crippen MR) is 69.3 cm³/mol. The van der Waals surface area contributed by atoms with Crippen molar-refractivity contribution in [2.75, 3.05) is 0 Å². The Morgan fingerprint density at radius 2 is 1.89 bits per heavy atom. The zero-order valence-electron chi connectivity index (χ0n) is 10.2. The summed E-state index contributed by atoms with van der Waals surface area (Å²) in [5.41, 5.74) is -0.845. The number of rotatable bonds is 0. The molecule has 0 spiro atoms. The first-order valence-electron chi connectivity index (χ1n) is 5.36. The van der Waals surface area contributed by atoms with E-state index in [1.165, 1.54) is 16.9 Å². The Kier molecular flexibility index (Phi) is 2.74. The molecule has 18 heavy (non-hydrogen) atoms. The molecule has 0 aliphatic heterocycles. The quantitative estimate of drug-likeness (QED) is 0.719. The number of aromatic hydroxyl groups is 2. The molecule has 0 aliphatic rings. The van der Waals surface area contributed by atoms with Gasteiger partial charge in [-0.1, -0.05) is 11.6 Å². The van der Waals surface area contributed by atoms with Crippen LogP contribution in [0.3, 0.4) is 0 Å². The van der Waals surface area contributed by atoms with Crippen LogP contribution in [-0.2, 0) is 5.54 Å². The number of hydrogen-bond donors (Lipinski definition) is 2. The zero-order valence-corrected chi connectivity index (χ0v) is 11.0. The molecule has 1 heterocycles. The van der Waals surface area contributed by atoms with E-state index >= 15 is 0 Å². The largest absolute Gasteiger partial charge is 0.504 e. The Bertz CT molecular complexity index is 686. The van der Waals surface area contributed by atoms with Crippen molar-refractivity contribution in [1.29, 1.82) is 0 Å². The van der Waals surface area contributed by atoms with Crippen LogP contribution in [0.15, 0.2) is 17.1 Å². The van der Waals surface area contributed by atoms with Crippen molar-refractivity contribution in [3.8, 4) is 11.5 Å². The highest BCUT2D eigenvalue weighted by Crippen LogP contribution is 2.38. The lowest BCUT2D eigenvalue weighted by atomic mass is 10.1. The fourth-order valence-corrected chi connectivity index (χ4v) is 1.95. The molecule has 2 N–H and O–H groups in total. The van der Waals surface area contributed by atoms with Crippen molar-refractivity contribution in [3.05, 3.63) is 27.6 Å². The maximum Gasteiger partial charge on any atom is 0.275 e. The number of nitrogens with zero attached hydrogens (tertiary/aromatic N) is 2. The van der Waals surface area contributed by atoms with Gasteiger partial charge in [-0.25, -0.2) is 4.68 Å². The van der Waals surface area contributed by atoms with Gasteiger partial charge >= 0.3 is 0 Å². The standard InChI is InChI=1S/C12H13ClN2O3/c1-12(2,3)15-11(18)6-4-8(16)10(17)9(13)7(6)5-14-15/h4-5,16-17H,1-3H3. The predicted octanol–water partition coefficient (Wildman–Crippen LogP) is 2.22. The zero-order chi connectivity index (χ0) is 13.7. The third-order valence-corrected chi connectivity index (χ3v) is 3.00. The van der Waals surface area contributed by atoms with E-state index in [1.54, 1.807) is 0 Å². The van der Waals surface area contributed by atoms with Gasteiger partial charge in [0.15, 0.2) is 11.5 Å². The maximum absolute atomic E-state index is 12.2. The average Bonchev–Trinajstić information content (AvgIpc) is 2.26. The summed E-state index contributed by atoms with van der Waals surface area (Å²) >= 11 is 5.87. The van der Waals surface area contributed by atoms with Gasteiger partial charge in [0, 0.05) is 5.39 Å². The third-order valence-electron chi connectivity index (χ3n) is 2.62. The summed E-state index contributed by atoms with van der Waals surface area (Å²) in [7, 11) is 0. The number of fused-ring (bicyclic) bond motifs is 1. The molecule has 0 saturated heterocycles. The second kappa shape index (κ2) is 3.88. The van der Waals surface area contributed by atoms with Crippen molar-refractivity contribution >= 4 is 22.4 Å². The Morgan fingerprint density at radius 3 is 2.44 bits per heavy atom. The van der Waals surface area contributed by atoms with Gasteiger partial charge in [0.05, 0.1) is 22.1 Å². The summed E-state index contributed by atoms with van der Waals surface area (Å²) in [6.45, 7) is 5.53. The molecule has 0 atom stereocenters. The monoisotopic (exact) mass is 268 g/mol. The molecular weight excluding hydrogens is 256 g/mol. The highest BCUT2D eigenvalue weighted by Gasteiger charge is 2.20. The highest BCUT2D eigenvalue weighted by molar-refractivity contribution is 6.37. The molecule has 0 amide bonds. The van der Waals surface area contributed by atoms with E-state index in [2.05, 4.69) is 5.10 Å². The maximum atomic E-state index is 12.2. The molecule has 2 aromatic rings. The van der Waals surface area contributed by atoms with Gasteiger partial charge in [-0.2, -0.15) is 5.10 Å². The number of phenolic OH excluding ortho intramolecular Hbond substituents is 2. The van der Waals surface area contributed by atoms with Crippen LogP contribution in [0.1, 0.15) is 20.8 Å². The van der Waals surface area contributed by atoms with E-state index in [-0.39, 0.29) is 16.0 Å². The molecule has 6 heteroatoms. The van der Waals surface area contributed by atoms with Gasteiger partial charge in [0.2, 0.25) is 0 Å². The number of benzene rings is 1. The van der Waals surface area contributed by atoms with Crippen molar-refractivity contribution in [2.24, 2.45) is 0 Å². The molecule has 1 aromatic carbocycles. The minimum atomic E-state index is -0.481. The summed E-state index contributed by atoms with van der Waals surface area (Å²) in [5, 5.41) is 23.5. The van der Waals surface area contributed by atoms with Gasteiger partial charge in [0.25, 0.3) is 5.56 Å². The molecule has 0 radical (unpaired) electrons. The van der Waals surface area contributed by atoms with Crippen molar-refractivity contribution in [3.63, 3.8) is 0 Å². The Hall–Kier alpha value is -1.75. The lowest BCUT2D eigenvalue weighted by molar-refractivity contribution is 0.340. The van der Waals surface area contributed by atoms with Crippen LogP contribution in [-0.4, -0.2) is 20.0 Å². The molecule has 2 rings (SSSR count). The molecule has 0 aliphatic carbocycles. The van der Waals surface area contributed by atoms with Crippen LogP contribution in [0.5, 0.6) is 11.5 Å². The van der Waals surface area contributed by atoms with Crippen LogP contribution in [0.4, 0.5) is 0 Å². The molecule has 0 bridgehead atoms. The van der Waals surface area contributed by atoms with Crippen LogP contribution in [0.25, 0.3) is 10.8 Å². The molecule has 0 unspecified atom stereocenters. The van der Waals surface area contributed by atoms with Gasteiger partial charge in [0.1, 0.15) is 0 Å². The molecule has 0 saturated carbocycles. The number of hydrogen-bond acceptors (Lipinski definition) is 4. The Labute approximate surface area is 108 Å². The van der Waals surface area contributed by atoms with Gasteiger partial charge in [-0.3, -0.25) is 4.79 Å². The van der Waals surface area contributed by atoms with Gasteiger partial charge in [-0.15, -0.1) is 0 Å². The highest BCUT2D eigenvalue weighted by atomic mass is 35.5. The molecule has 96 valence electrons. The second-order valence-electron chi connectivity index (χ2n) is 5.05. The Morgan fingerprint density at radius 1 is 1.28 bits per heavy atom. The van der Waals surface area contributed by atoms with Crippen molar-refractivity contribution < 1.29 is 10.2 Å². The molecule has 1 aromatic heterocycles. The minimum absolute atomic E-state index is 0.0735. The van der Waals surface area contributed by atoms with E-state index in [4.69, 9.17) is 11.6 Å². The topological polar surface area (TPSA) is 75.3 Å². The van der Waals surface area contributed by atoms with Gasteiger partial charge < -0.3 is 10.2 Å². The smallest absolute Gasteiger partial charge is 0.275 e. The second-order valence-corrected chi connectivity index (χ2v) is 5.43. The van der Waals surface area contributed by atoms with Crippen LogP contribution >= 0.6 is 11.6 Å². The molecule has 5 nitrogen and oxygen atoms in total. The van der Waals surface area contributed by atoms with E-state index in [0.29, 0.717) is 5.39 Å². The van der Waals surface area contributed by atoms with Crippen LogP contribution in [0.2, 0.25) is 5.02 Å². The fourth-order valence-electron chi connectivity index (χ4n) is 1.70. The SMILES string of the molecule is CC(C)(C)n1ncc2c(Cl)c(O)c(O)cc2c1=O. The van der Waals surface area contributed by atoms with Crippen molar-refractivity contribution in [1.82, 2.24) is 9.78 Å². The summed E-state index contributed by atoms with van der Waals surface area (Å²) in [6.07, 6.45) is 1.41. The number of phenols is 2. The van der Waals surface area contributed by atoms with Crippen LogP contribution in [0, 0.1) is 0 Å². The third kappa shape index (κ3) is 1.80. The normalized spacial score (nSPS) is 12.0.